The molecular formula is C25H27FN3O3+. The maximum atomic E-state index is 13.7. The molecule has 5 rings (SSSR count). The van der Waals surface area contributed by atoms with Gasteiger partial charge in [-0.3, -0.25) is 19.3 Å². The van der Waals surface area contributed by atoms with Gasteiger partial charge in [0, 0.05) is 11.5 Å². The summed E-state index contributed by atoms with van der Waals surface area (Å²) in [7, 11) is 0. The molecule has 3 aliphatic heterocycles. The Balaban J connectivity index is 1.62. The molecule has 0 radical (unpaired) electrons. The second-order valence-electron chi connectivity index (χ2n) is 9.63. The summed E-state index contributed by atoms with van der Waals surface area (Å²) in [4.78, 5) is 42.1. The van der Waals surface area contributed by atoms with Gasteiger partial charge in [0.25, 0.3) is 5.91 Å². The molecular weight excluding hydrogens is 409 g/mol. The van der Waals surface area contributed by atoms with Crippen molar-refractivity contribution in [1.82, 2.24) is 4.90 Å². The molecule has 1 spiro atoms. The number of hydrogen-bond acceptors (Lipinski definition) is 3. The molecule has 2 saturated heterocycles. The zero-order valence-electron chi connectivity index (χ0n) is 18.6. The molecule has 3 heterocycles. The van der Waals surface area contributed by atoms with E-state index >= 15 is 0 Å². The van der Waals surface area contributed by atoms with Crippen molar-refractivity contribution >= 4 is 23.4 Å². The summed E-state index contributed by atoms with van der Waals surface area (Å²) in [6.45, 7) is 8.06. The average Bonchev–Trinajstić information content (AvgIpc) is 3.34. The third-order valence-corrected chi connectivity index (χ3v) is 7.62. The van der Waals surface area contributed by atoms with E-state index < -0.39 is 17.4 Å². The molecule has 166 valence electrons. The van der Waals surface area contributed by atoms with Crippen molar-refractivity contribution in [1.29, 1.82) is 0 Å². The molecule has 0 unspecified atom stereocenters. The van der Waals surface area contributed by atoms with E-state index in [-0.39, 0.29) is 42.0 Å². The molecule has 0 aromatic heterocycles. The Morgan fingerprint density at radius 3 is 2.41 bits per heavy atom. The first-order valence-electron chi connectivity index (χ1n) is 11.0. The Bertz CT molecular complexity index is 1160. The normalized spacial score (nSPS) is 28.6. The highest BCUT2D eigenvalue weighted by molar-refractivity contribution is 6.14. The molecule has 6 nitrogen and oxygen atoms in total. The summed E-state index contributed by atoms with van der Waals surface area (Å²) >= 11 is 0. The average molecular weight is 437 g/mol. The number of nitrogens with one attached hydrogen (secondary N) is 1. The number of halogens is 1. The number of nitrogens with two attached hydrogens (primary N) is 1. The van der Waals surface area contributed by atoms with Crippen molar-refractivity contribution in [2.75, 3.05) is 5.32 Å². The number of anilines is 1. The second kappa shape index (κ2) is 6.97. The lowest BCUT2D eigenvalue weighted by Gasteiger charge is -2.27. The molecule has 2 aromatic rings. The first-order chi connectivity index (χ1) is 15.2. The van der Waals surface area contributed by atoms with Gasteiger partial charge in [-0.25, -0.2) is 4.39 Å². The van der Waals surface area contributed by atoms with E-state index in [4.69, 9.17) is 0 Å². The summed E-state index contributed by atoms with van der Waals surface area (Å²) in [5.41, 5.74) is 3.10. The van der Waals surface area contributed by atoms with Gasteiger partial charge in [0.05, 0.1) is 12.2 Å². The smallest absolute Gasteiger partial charge is 0.291 e. The minimum absolute atomic E-state index is 0.0766. The number of carbonyl (C=O) groups excluding carboxylic acids is 3. The Kier molecular flexibility index (Phi) is 4.53. The number of benzene rings is 2. The fraction of sp³-hybridized carbons (Fsp3) is 0.400. The third kappa shape index (κ3) is 2.64. The van der Waals surface area contributed by atoms with Crippen LogP contribution in [0.2, 0.25) is 0 Å². The van der Waals surface area contributed by atoms with Crippen molar-refractivity contribution in [2.45, 2.75) is 45.8 Å². The molecule has 7 heteroatoms. The maximum Gasteiger partial charge on any atom is 0.291 e. The zero-order valence-corrected chi connectivity index (χ0v) is 18.6. The molecule has 0 bridgehead atoms. The van der Waals surface area contributed by atoms with Crippen LogP contribution in [0.5, 0.6) is 0 Å². The highest BCUT2D eigenvalue weighted by Crippen LogP contribution is 2.51. The fourth-order valence-electron chi connectivity index (χ4n) is 5.80. The number of carbonyl (C=O) groups is 3. The van der Waals surface area contributed by atoms with E-state index in [2.05, 4.69) is 5.32 Å². The van der Waals surface area contributed by atoms with Crippen LogP contribution in [0.3, 0.4) is 0 Å². The second-order valence-corrected chi connectivity index (χ2v) is 9.63. The van der Waals surface area contributed by atoms with Crippen molar-refractivity contribution < 1.29 is 24.1 Å². The van der Waals surface area contributed by atoms with Crippen LogP contribution in [0, 0.1) is 37.4 Å². The number of amides is 3. The van der Waals surface area contributed by atoms with Gasteiger partial charge in [-0.15, -0.1) is 0 Å². The lowest BCUT2D eigenvalue weighted by atomic mass is 9.75. The molecule has 3 aliphatic rings. The lowest BCUT2D eigenvalue weighted by molar-refractivity contribution is -0.738. The standard InChI is InChI=1S/C25H26FN3O3/c1-12(2)20-18-19(23(31)29(22(18)30)11-15-6-8-16(26)9-7-15)25(28-20)17-10-5-13(3)14(4)21(17)27-24(25)32/h5-10,12,18-20,28H,11H2,1-4H3,(H,27,32)/p+1/t18-,19-,20+,25-/m0/s1. The van der Waals surface area contributed by atoms with Crippen LogP contribution >= 0.6 is 0 Å². The SMILES string of the molecule is Cc1ccc2c(c1C)NC(=O)[C@]21[NH2+][C@H](C(C)C)[C@H]2C(=O)N(Cc3ccc(F)cc3)C(=O)[C@H]21. The number of aryl methyl sites for hydroxylation is 1. The first kappa shape index (κ1) is 20.8. The van der Waals surface area contributed by atoms with E-state index in [0.717, 1.165) is 22.4 Å². The van der Waals surface area contributed by atoms with Gasteiger partial charge in [0.2, 0.25) is 17.4 Å². The highest BCUT2D eigenvalue weighted by atomic mass is 19.1. The van der Waals surface area contributed by atoms with Crippen molar-refractivity contribution in [2.24, 2.45) is 17.8 Å². The molecule has 0 aliphatic carbocycles. The van der Waals surface area contributed by atoms with Crippen LogP contribution in [0.4, 0.5) is 10.1 Å². The third-order valence-electron chi connectivity index (χ3n) is 7.62. The fourth-order valence-corrected chi connectivity index (χ4v) is 5.80. The van der Waals surface area contributed by atoms with E-state index in [0.29, 0.717) is 5.56 Å². The van der Waals surface area contributed by atoms with Crippen LogP contribution in [-0.2, 0) is 26.5 Å². The highest BCUT2D eigenvalue weighted by Gasteiger charge is 2.74. The number of likely N-dealkylation sites (tertiary alicyclic amines) is 1. The van der Waals surface area contributed by atoms with Gasteiger partial charge in [0.15, 0.2) is 0 Å². The maximum absolute atomic E-state index is 13.7. The van der Waals surface area contributed by atoms with Crippen LogP contribution in [0.1, 0.15) is 36.1 Å². The summed E-state index contributed by atoms with van der Waals surface area (Å²) < 4.78 is 13.3. The molecule has 0 saturated carbocycles. The largest absolute Gasteiger partial charge is 0.326 e. The quantitative estimate of drug-likeness (QED) is 0.722. The van der Waals surface area contributed by atoms with Gasteiger partial charge < -0.3 is 10.6 Å². The zero-order chi connectivity index (χ0) is 22.9. The number of quaternary nitrogens is 1. The van der Waals surface area contributed by atoms with Crippen molar-refractivity contribution in [3.8, 4) is 0 Å². The van der Waals surface area contributed by atoms with Crippen LogP contribution < -0.4 is 10.6 Å². The Hall–Kier alpha value is -3.06. The molecule has 32 heavy (non-hydrogen) atoms. The van der Waals surface area contributed by atoms with E-state index in [1.165, 1.54) is 17.0 Å². The predicted molar refractivity (Wildman–Crippen MR) is 116 cm³/mol. The predicted octanol–water partition coefficient (Wildman–Crippen LogP) is 1.99. The van der Waals surface area contributed by atoms with Crippen LogP contribution in [0.15, 0.2) is 36.4 Å². The van der Waals surface area contributed by atoms with Gasteiger partial charge in [-0.05, 0) is 48.7 Å². The topological polar surface area (TPSA) is 83.1 Å². The first-order valence-corrected chi connectivity index (χ1v) is 11.0. The van der Waals surface area contributed by atoms with Crippen LogP contribution in [-0.4, -0.2) is 28.7 Å². The number of fused-ring (bicyclic) bond motifs is 4. The van der Waals surface area contributed by atoms with Gasteiger partial charge >= 0.3 is 0 Å². The van der Waals surface area contributed by atoms with E-state index in [1.54, 1.807) is 12.1 Å². The summed E-state index contributed by atoms with van der Waals surface area (Å²) in [5.74, 6) is -2.45. The lowest BCUT2D eigenvalue weighted by Crippen LogP contribution is -2.99. The van der Waals surface area contributed by atoms with Gasteiger partial charge in [-0.2, -0.15) is 0 Å². The number of hydrogen-bond donors (Lipinski definition) is 2. The summed E-state index contributed by atoms with van der Waals surface area (Å²) in [5, 5.41) is 4.99. The number of rotatable bonds is 3. The number of nitrogens with zero attached hydrogens (tertiary/aromatic N) is 1. The Morgan fingerprint density at radius 1 is 1.06 bits per heavy atom. The molecule has 2 aromatic carbocycles. The van der Waals surface area contributed by atoms with E-state index in [1.807, 2.05) is 45.1 Å². The molecule has 4 atom stereocenters. The van der Waals surface area contributed by atoms with E-state index in [9.17, 15) is 18.8 Å². The Labute approximate surface area is 186 Å². The van der Waals surface area contributed by atoms with Gasteiger partial charge in [-0.1, -0.05) is 32.0 Å². The summed E-state index contributed by atoms with van der Waals surface area (Å²) in [6, 6.07) is 9.49. The monoisotopic (exact) mass is 436 g/mol. The van der Waals surface area contributed by atoms with Crippen molar-refractivity contribution in [3.05, 3.63) is 64.5 Å². The van der Waals surface area contributed by atoms with Crippen molar-refractivity contribution in [3.63, 3.8) is 0 Å². The minimum atomic E-state index is -1.16. The molecule has 2 fully saturated rings. The Morgan fingerprint density at radius 2 is 1.75 bits per heavy atom. The minimum Gasteiger partial charge on any atom is -0.326 e. The molecule has 3 amide bonds. The number of imide groups is 1. The van der Waals surface area contributed by atoms with Gasteiger partial charge in [0.1, 0.15) is 23.7 Å². The summed E-state index contributed by atoms with van der Waals surface area (Å²) in [6.07, 6.45) is 0. The molecule has 3 N–H and O–H groups in total. The van der Waals surface area contributed by atoms with Crippen LogP contribution in [0.25, 0.3) is 0 Å².